The Morgan fingerprint density at radius 2 is 2.15 bits per heavy atom. The Hall–Kier alpha value is -2.81. The van der Waals surface area contributed by atoms with Crippen LogP contribution < -0.4 is 10.7 Å². The molecule has 0 bridgehead atoms. The number of nitrogens with one attached hydrogen (secondary N) is 2. The highest BCUT2D eigenvalue weighted by Gasteiger charge is 2.47. The van der Waals surface area contributed by atoms with Crippen molar-refractivity contribution in [3.05, 3.63) is 36.9 Å². The Kier molecular flexibility index (Phi) is 5.22. The van der Waals surface area contributed by atoms with Crippen molar-refractivity contribution in [3.8, 4) is 0 Å². The molecular weight excluding hydrogens is 366 g/mol. The SMILES string of the molecule is C=CCn1c(SCC(=O)NN2C(=O)N[C@@](C)(CC)C2=O)nc2ccccc21. The minimum atomic E-state index is -0.991. The van der Waals surface area contributed by atoms with E-state index in [0.717, 1.165) is 16.0 Å². The van der Waals surface area contributed by atoms with E-state index in [9.17, 15) is 14.4 Å². The van der Waals surface area contributed by atoms with Gasteiger partial charge in [0.25, 0.3) is 5.91 Å². The van der Waals surface area contributed by atoms with E-state index in [1.54, 1.807) is 19.9 Å². The van der Waals surface area contributed by atoms with E-state index in [-0.39, 0.29) is 5.75 Å². The van der Waals surface area contributed by atoms with Gasteiger partial charge in [-0.25, -0.2) is 9.78 Å². The summed E-state index contributed by atoms with van der Waals surface area (Å²) in [6.07, 6.45) is 2.20. The van der Waals surface area contributed by atoms with Crippen LogP contribution in [0.25, 0.3) is 11.0 Å². The molecule has 0 saturated carbocycles. The standard InChI is InChI=1S/C18H21N5O3S/c1-4-10-22-13-9-7-6-8-12(13)19-17(22)27-11-14(24)21-23-15(25)18(3,5-2)20-16(23)26/h4,6-9H,1,5,10-11H2,2-3H3,(H,20,26)(H,21,24)/t18-/m0/s1. The summed E-state index contributed by atoms with van der Waals surface area (Å²) >= 11 is 1.23. The van der Waals surface area contributed by atoms with Gasteiger partial charge in [0.15, 0.2) is 5.16 Å². The molecule has 8 nitrogen and oxygen atoms in total. The number of urea groups is 1. The molecule has 2 heterocycles. The number of thioether (sulfide) groups is 1. The van der Waals surface area contributed by atoms with Crippen molar-refractivity contribution in [2.45, 2.75) is 37.5 Å². The van der Waals surface area contributed by atoms with Crippen molar-refractivity contribution >= 4 is 40.6 Å². The van der Waals surface area contributed by atoms with E-state index in [1.807, 2.05) is 28.8 Å². The molecule has 2 N–H and O–H groups in total. The third-order valence-corrected chi connectivity index (χ3v) is 5.44. The number of allylic oxidation sites excluding steroid dienone is 1. The summed E-state index contributed by atoms with van der Waals surface area (Å²) in [6.45, 7) is 7.75. The largest absolute Gasteiger partial charge is 0.344 e. The first-order valence-corrected chi connectivity index (χ1v) is 9.53. The van der Waals surface area contributed by atoms with Crippen LogP contribution in [0.2, 0.25) is 0 Å². The van der Waals surface area contributed by atoms with Crippen molar-refractivity contribution in [2.24, 2.45) is 0 Å². The molecular formula is C18H21N5O3S. The van der Waals surface area contributed by atoms with Crippen LogP contribution in [0.1, 0.15) is 20.3 Å². The number of carbonyl (C=O) groups is 3. The molecule has 9 heteroatoms. The van der Waals surface area contributed by atoms with E-state index in [0.29, 0.717) is 18.1 Å². The summed E-state index contributed by atoms with van der Waals surface area (Å²) in [5.74, 6) is -0.909. The number of hydrogen-bond donors (Lipinski definition) is 2. The van der Waals surface area contributed by atoms with E-state index >= 15 is 0 Å². The molecule has 1 fully saturated rings. The zero-order valence-electron chi connectivity index (χ0n) is 15.2. The van der Waals surface area contributed by atoms with Gasteiger partial charge in [0.1, 0.15) is 5.54 Å². The molecule has 27 heavy (non-hydrogen) atoms. The maximum atomic E-state index is 12.3. The minimum absolute atomic E-state index is 0.0143. The average Bonchev–Trinajstić information content (AvgIpc) is 3.11. The first-order valence-electron chi connectivity index (χ1n) is 8.54. The second-order valence-electron chi connectivity index (χ2n) is 6.36. The van der Waals surface area contributed by atoms with Gasteiger partial charge >= 0.3 is 6.03 Å². The van der Waals surface area contributed by atoms with Crippen LogP contribution in [0.15, 0.2) is 42.1 Å². The van der Waals surface area contributed by atoms with Gasteiger partial charge in [-0.1, -0.05) is 36.9 Å². The minimum Gasteiger partial charge on any atom is -0.322 e. The van der Waals surface area contributed by atoms with Gasteiger partial charge in [-0.05, 0) is 25.5 Å². The predicted molar refractivity (Wildman–Crippen MR) is 103 cm³/mol. The van der Waals surface area contributed by atoms with Crippen LogP contribution >= 0.6 is 11.8 Å². The highest BCUT2D eigenvalue weighted by molar-refractivity contribution is 7.99. The van der Waals surface area contributed by atoms with Crippen molar-refractivity contribution in [2.75, 3.05) is 5.75 Å². The number of para-hydroxylation sites is 2. The molecule has 1 aliphatic heterocycles. The number of rotatable bonds is 7. The molecule has 0 spiro atoms. The van der Waals surface area contributed by atoms with E-state index in [4.69, 9.17) is 0 Å². The summed E-state index contributed by atoms with van der Waals surface area (Å²) in [6, 6.07) is 7.05. The summed E-state index contributed by atoms with van der Waals surface area (Å²) in [7, 11) is 0. The fraction of sp³-hybridized carbons (Fsp3) is 0.333. The van der Waals surface area contributed by atoms with Gasteiger partial charge in [-0.3, -0.25) is 15.0 Å². The Balaban J connectivity index is 1.69. The summed E-state index contributed by atoms with van der Waals surface area (Å²) in [5.41, 5.74) is 3.17. The molecule has 3 rings (SSSR count). The molecule has 0 radical (unpaired) electrons. The maximum absolute atomic E-state index is 12.3. The van der Waals surface area contributed by atoms with Gasteiger partial charge < -0.3 is 9.88 Å². The van der Waals surface area contributed by atoms with Gasteiger partial charge in [-0.15, -0.1) is 6.58 Å². The van der Waals surface area contributed by atoms with Gasteiger partial charge in [0.2, 0.25) is 5.91 Å². The van der Waals surface area contributed by atoms with Crippen molar-refractivity contribution in [1.82, 2.24) is 25.3 Å². The Morgan fingerprint density at radius 3 is 2.81 bits per heavy atom. The summed E-state index contributed by atoms with van der Waals surface area (Å²) in [5, 5.41) is 4.01. The van der Waals surface area contributed by atoms with Crippen molar-refractivity contribution < 1.29 is 14.4 Å². The Morgan fingerprint density at radius 1 is 1.41 bits per heavy atom. The zero-order valence-corrected chi connectivity index (χ0v) is 16.0. The number of carbonyl (C=O) groups excluding carboxylic acids is 3. The normalized spacial score (nSPS) is 19.4. The molecule has 2 aromatic rings. The van der Waals surface area contributed by atoms with E-state index in [1.165, 1.54) is 11.8 Å². The maximum Gasteiger partial charge on any atom is 0.344 e. The molecule has 1 aliphatic rings. The van der Waals surface area contributed by atoms with Crippen molar-refractivity contribution in [1.29, 1.82) is 0 Å². The number of hydrazine groups is 1. The number of nitrogens with zero attached hydrogens (tertiary/aromatic N) is 3. The van der Waals surface area contributed by atoms with Gasteiger partial charge in [0, 0.05) is 6.54 Å². The van der Waals surface area contributed by atoms with Crippen LogP contribution in [0, 0.1) is 0 Å². The zero-order chi connectivity index (χ0) is 19.6. The number of fused-ring (bicyclic) bond motifs is 1. The summed E-state index contributed by atoms with van der Waals surface area (Å²) in [4.78, 5) is 41.1. The first kappa shape index (κ1) is 19.0. The molecule has 0 unspecified atom stereocenters. The number of imidazole rings is 1. The van der Waals surface area contributed by atoms with Crippen LogP contribution in [0.4, 0.5) is 4.79 Å². The fourth-order valence-corrected chi connectivity index (χ4v) is 3.60. The lowest BCUT2D eigenvalue weighted by molar-refractivity contribution is -0.137. The summed E-state index contributed by atoms with van der Waals surface area (Å²) < 4.78 is 1.96. The van der Waals surface area contributed by atoms with Crippen LogP contribution in [0.5, 0.6) is 0 Å². The smallest absolute Gasteiger partial charge is 0.322 e. The number of amides is 4. The molecule has 142 valence electrons. The molecule has 1 atom stereocenters. The second kappa shape index (κ2) is 7.43. The van der Waals surface area contributed by atoms with Gasteiger partial charge in [-0.2, -0.15) is 5.01 Å². The first-order chi connectivity index (χ1) is 12.9. The third kappa shape index (κ3) is 3.55. The van der Waals surface area contributed by atoms with Crippen molar-refractivity contribution in [3.63, 3.8) is 0 Å². The second-order valence-corrected chi connectivity index (χ2v) is 7.30. The average molecular weight is 387 g/mol. The topological polar surface area (TPSA) is 96.3 Å². The van der Waals surface area contributed by atoms with E-state index < -0.39 is 23.4 Å². The van der Waals surface area contributed by atoms with E-state index in [2.05, 4.69) is 22.3 Å². The molecule has 1 saturated heterocycles. The van der Waals surface area contributed by atoms with Crippen LogP contribution in [-0.2, 0) is 16.1 Å². The Labute approximate surface area is 161 Å². The molecule has 0 aliphatic carbocycles. The highest BCUT2D eigenvalue weighted by Crippen LogP contribution is 2.24. The van der Waals surface area contributed by atoms with Crippen LogP contribution in [-0.4, -0.2) is 43.7 Å². The lowest BCUT2D eigenvalue weighted by atomic mass is 10.00. The third-order valence-electron chi connectivity index (χ3n) is 4.47. The Bertz CT molecular complexity index is 925. The fourth-order valence-electron chi connectivity index (χ4n) is 2.78. The predicted octanol–water partition coefficient (Wildman–Crippen LogP) is 2.07. The highest BCUT2D eigenvalue weighted by atomic mass is 32.2. The number of imide groups is 1. The monoisotopic (exact) mass is 387 g/mol. The van der Waals surface area contributed by atoms with Crippen LogP contribution in [0.3, 0.4) is 0 Å². The molecule has 1 aromatic heterocycles. The quantitative estimate of drug-likeness (QED) is 0.431. The number of hydrogen-bond acceptors (Lipinski definition) is 5. The molecule has 1 aromatic carbocycles. The number of benzene rings is 1. The lowest BCUT2D eigenvalue weighted by Crippen LogP contribution is -2.49. The lowest BCUT2D eigenvalue weighted by Gasteiger charge is -2.19. The molecule has 4 amide bonds. The number of aromatic nitrogens is 2. The van der Waals surface area contributed by atoms with Gasteiger partial charge in [0.05, 0.1) is 16.8 Å².